The number of hydrogen-bond acceptors (Lipinski definition) is 3. The highest BCUT2D eigenvalue weighted by Gasteiger charge is 2.19. The molecule has 0 radical (unpaired) electrons. The van der Waals surface area contributed by atoms with Crippen LogP contribution < -0.4 is 0 Å². The highest BCUT2D eigenvalue weighted by Crippen LogP contribution is 2.34. The summed E-state index contributed by atoms with van der Waals surface area (Å²) >= 11 is 0. The van der Waals surface area contributed by atoms with Gasteiger partial charge in [-0.2, -0.15) is 0 Å². The lowest BCUT2D eigenvalue weighted by atomic mass is 9.98. The second-order valence-electron chi connectivity index (χ2n) is 24.4. The molecule has 75 heavy (non-hydrogen) atoms. The van der Waals surface area contributed by atoms with Crippen LogP contribution in [-0.4, -0.2) is 31.4 Å². The van der Waals surface area contributed by atoms with Gasteiger partial charge >= 0.3 is 0 Å². The molecule has 3 aromatic heterocycles. The predicted molar refractivity (Wildman–Crippen MR) is 330 cm³/mol. The summed E-state index contributed by atoms with van der Waals surface area (Å²) in [5.74, 6) is 6.76. The van der Waals surface area contributed by atoms with E-state index in [4.69, 9.17) is 9.98 Å². The van der Waals surface area contributed by atoms with Crippen molar-refractivity contribution in [2.24, 2.45) is 21.8 Å². The third-order valence-corrected chi connectivity index (χ3v) is 14.8. The zero-order valence-corrected chi connectivity index (χ0v) is 49.8. The molecule has 0 atom stereocenters. The van der Waals surface area contributed by atoms with E-state index in [1.54, 1.807) is 0 Å². The number of aliphatic imine (C=N–C) groups is 2. The quantitative estimate of drug-likeness (QED) is 0.125. The fraction of sp³-hybridized carbons (Fsp3) is 0.464. The molecule has 8 aromatic rings. The Morgan fingerprint density at radius 1 is 0.320 bits per heavy atom. The molecule has 0 aliphatic carbocycles. The van der Waals surface area contributed by atoms with E-state index in [9.17, 15) is 0 Å². The van der Waals surface area contributed by atoms with Gasteiger partial charge in [0.15, 0.2) is 0 Å². The van der Waals surface area contributed by atoms with Gasteiger partial charge in [-0.3, -0.25) is 9.98 Å². The topological polar surface area (TPSA) is 85.0 Å². The van der Waals surface area contributed by atoms with Crippen molar-refractivity contribution in [2.45, 2.75) is 199 Å². The minimum absolute atomic E-state index is 0.458. The molecule has 5 heterocycles. The Morgan fingerprint density at radius 3 is 1.01 bits per heavy atom. The molecule has 2 aliphatic heterocycles. The monoisotopic (exact) mass is 1010 g/mol. The van der Waals surface area contributed by atoms with E-state index in [1.807, 2.05) is 0 Å². The zero-order chi connectivity index (χ0) is 55.0. The Hall–Kier alpha value is -6.01. The third kappa shape index (κ3) is 15.3. The van der Waals surface area contributed by atoms with Crippen molar-refractivity contribution in [3.63, 3.8) is 0 Å². The highest BCUT2D eigenvalue weighted by atomic mass is 14.9. The van der Waals surface area contributed by atoms with E-state index < -0.39 is 0 Å². The molecule has 6 heteroatoms. The number of aromatic amines is 3. The molecular formula is C69H94N6. The SMILES string of the molecule is CC(C)C1=Nc2cc(C(C)C)ccc2C1.CC(C)C1=Nc2cc(C(C)C)ccc2C1.CC(C)c1ccc2cc(C(C)C)[nH]c2c1.CC(C)c1ccc2cc(C(C)C)[nH]c2c1.CC(C)c1ccc2nc(C(C)C)[nH]c2c1. The standard InChI is InChI=1S/4C14H19N.C13H18N2/c4*1-9(2)11-5-6-12-8-13(10(3)4)15-14(12)7-11;1-8(2)10-5-6-11-12(7-10)15-13(14-11)9(3)4/h2*5-7,9-10H,8H2,1-4H3;2*5-10,15H,1-4H3;5-9H,1-4H3,(H,14,15). The first kappa shape index (κ1) is 58.3. The summed E-state index contributed by atoms with van der Waals surface area (Å²) in [7, 11) is 0. The lowest BCUT2D eigenvalue weighted by molar-refractivity contribution is 0.799. The van der Waals surface area contributed by atoms with E-state index in [0.717, 1.165) is 29.7 Å². The number of H-pyrrole nitrogens is 3. The van der Waals surface area contributed by atoms with Crippen LogP contribution in [0.5, 0.6) is 0 Å². The Kier molecular flexibility index (Phi) is 20.0. The summed E-state index contributed by atoms with van der Waals surface area (Å²) in [6, 6.07) is 37.9. The fourth-order valence-electron chi connectivity index (χ4n) is 9.19. The molecule has 0 saturated heterocycles. The first-order chi connectivity index (χ1) is 35.4. The molecule has 10 rings (SSSR count). The molecule has 400 valence electrons. The number of nitrogens with zero attached hydrogens (tertiary/aromatic N) is 3. The first-order valence-corrected chi connectivity index (χ1v) is 28.5. The van der Waals surface area contributed by atoms with Gasteiger partial charge in [0.05, 0.1) is 22.4 Å². The van der Waals surface area contributed by atoms with Crippen LogP contribution in [-0.2, 0) is 12.8 Å². The normalized spacial score (nSPS) is 13.0. The average molecular weight is 1010 g/mol. The smallest absolute Gasteiger partial charge is 0.109 e. The fourth-order valence-corrected chi connectivity index (χ4v) is 9.19. The van der Waals surface area contributed by atoms with Crippen molar-refractivity contribution in [1.82, 2.24) is 19.9 Å². The number of aromatic nitrogens is 4. The summed E-state index contributed by atoms with van der Waals surface area (Å²) in [5, 5.41) is 2.64. The Balaban J connectivity index is 0.000000152. The second kappa shape index (κ2) is 25.7. The van der Waals surface area contributed by atoms with Crippen LogP contribution >= 0.6 is 0 Å². The maximum atomic E-state index is 4.71. The summed E-state index contributed by atoms with van der Waals surface area (Å²) in [4.78, 5) is 24.3. The molecule has 6 nitrogen and oxygen atoms in total. The van der Waals surface area contributed by atoms with Gasteiger partial charge in [0.25, 0.3) is 0 Å². The van der Waals surface area contributed by atoms with Crippen LogP contribution in [0.3, 0.4) is 0 Å². The zero-order valence-electron chi connectivity index (χ0n) is 49.8. The number of imidazole rings is 1. The van der Waals surface area contributed by atoms with Crippen LogP contribution in [0.25, 0.3) is 32.8 Å². The second-order valence-corrected chi connectivity index (χ2v) is 24.4. The molecule has 2 aliphatic rings. The molecule has 0 fully saturated rings. The lowest BCUT2D eigenvalue weighted by Gasteiger charge is -2.06. The molecule has 0 bridgehead atoms. The minimum Gasteiger partial charge on any atom is -0.358 e. The number of hydrogen-bond donors (Lipinski definition) is 3. The average Bonchev–Trinajstić information content (AvgIpc) is 4.22. The molecule has 0 spiro atoms. The molecule has 0 unspecified atom stereocenters. The van der Waals surface area contributed by atoms with Crippen molar-refractivity contribution in [1.29, 1.82) is 0 Å². The van der Waals surface area contributed by atoms with Gasteiger partial charge in [0.1, 0.15) is 5.82 Å². The van der Waals surface area contributed by atoms with Gasteiger partial charge in [0, 0.05) is 52.6 Å². The van der Waals surface area contributed by atoms with Crippen molar-refractivity contribution in [3.05, 3.63) is 159 Å². The number of benzene rings is 5. The van der Waals surface area contributed by atoms with Crippen LogP contribution in [0.1, 0.15) is 242 Å². The number of rotatable bonds is 10. The van der Waals surface area contributed by atoms with Gasteiger partial charge < -0.3 is 15.0 Å². The molecule has 0 saturated carbocycles. The van der Waals surface area contributed by atoms with Crippen molar-refractivity contribution >= 4 is 55.6 Å². The molecule has 0 amide bonds. The van der Waals surface area contributed by atoms with Crippen LogP contribution in [0.15, 0.2) is 113 Å². The van der Waals surface area contributed by atoms with Gasteiger partial charge in [-0.15, -0.1) is 0 Å². The predicted octanol–water partition coefficient (Wildman–Crippen LogP) is 20.8. The molecular weight excluding hydrogens is 913 g/mol. The summed E-state index contributed by atoms with van der Waals surface area (Å²) in [6.07, 6.45) is 2.09. The molecule has 5 aromatic carbocycles. The lowest BCUT2D eigenvalue weighted by Crippen LogP contribution is -2.06. The number of fused-ring (bicyclic) bond motifs is 5. The Bertz CT molecular complexity index is 2880. The van der Waals surface area contributed by atoms with Gasteiger partial charge in [-0.1, -0.05) is 193 Å². The van der Waals surface area contributed by atoms with Crippen LogP contribution in [0, 0.1) is 11.8 Å². The maximum Gasteiger partial charge on any atom is 0.109 e. The van der Waals surface area contributed by atoms with Crippen LogP contribution in [0.4, 0.5) is 11.4 Å². The third-order valence-electron chi connectivity index (χ3n) is 14.8. The maximum absolute atomic E-state index is 4.71. The first-order valence-electron chi connectivity index (χ1n) is 28.5. The molecule has 3 N–H and O–H groups in total. The van der Waals surface area contributed by atoms with Gasteiger partial charge in [-0.05, 0) is 152 Å². The summed E-state index contributed by atoms with van der Waals surface area (Å²) in [5.41, 5.74) is 22.2. The Labute approximate surface area is 453 Å². The van der Waals surface area contributed by atoms with Gasteiger partial charge in [0.2, 0.25) is 0 Å². The van der Waals surface area contributed by atoms with Crippen molar-refractivity contribution in [3.8, 4) is 0 Å². The van der Waals surface area contributed by atoms with E-state index in [1.165, 1.54) is 94.9 Å². The van der Waals surface area contributed by atoms with E-state index in [2.05, 4.69) is 262 Å². The van der Waals surface area contributed by atoms with Gasteiger partial charge in [-0.25, -0.2) is 4.98 Å². The van der Waals surface area contributed by atoms with Crippen molar-refractivity contribution < 1.29 is 0 Å². The van der Waals surface area contributed by atoms with E-state index in [0.29, 0.717) is 59.2 Å². The highest BCUT2D eigenvalue weighted by molar-refractivity contribution is 5.96. The van der Waals surface area contributed by atoms with Crippen molar-refractivity contribution in [2.75, 3.05) is 0 Å². The van der Waals surface area contributed by atoms with Crippen LogP contribution in [0.2, 0.25) is 0 Å². The number of nitrogens with one attached hydrogen (secondary N) is 3. The summed E-state index contributed by atoms with van der Waals surface area (Å²) < 4.78 is 0. The summed E-state index contributed by atoms with van der Waals surface area (Å²) in [6.45, 7) is 44.3. The van der Waals surface area contributed by atoms with E-state index >= 15 is 0 Å². The van der Waals surface area contributed by atoms with E-state index in [-0.39, 0.29) is 0 Å². The minimum atomic E-state index is 0.458. The largest absolute Gasteiger partial charge is 0.358 e. The Morgan fingerprint density at radius 2 is 0.667 bits per heavy atom.